The number of sulfonamides is 1. The average molecular weight is 356 g/mol. The molecule has 0 saturated heterocycles. The summed E-state index contributed by atoms with van der Waals surface area (Å²) in [6, 6.07) is 13.0. The van der Waals surface area contributed by atoms with Gasteiger partial charge in [0.25, 0.3) is 15.9 Å². The first kappa shape index (κ1) is 16.5. The fourth-order valence-electron chi connectivity index (χ4n) is 1.62. The van der Waals surface area contributed by atoms with Crippen LogP contribution in [0.25, 0.3) is 6.08 Å². The monoisotopic (exact) mass is 355 g/mol. The predicted molar refractivity (Wildman–Crippen MR) is 88.3 cm³/mol. The summed E-state index contributed by atoms with van der Waals surface area (Å²) >= 11 is 11.6. The maximum atomic E-state index is 12.0. The van der Waals surface area contributed by atoms with Gasteiger partial charge in [0.1, 0.15) is 0 Å². The molecule has 0 aliphatic rings. The third-order valence-corrected chi connectivity index (χ3v) is 4.16. The highest BCUT2D eigenvalue weighted by atomic mass is 35.5. The molecule has 0 aliphatic carbocycles. The highest BCUT2D eigenvalue weighted by molar-refractivity contribution is 7.93. The van der Waals surface area contributed by atoms with Gasteiger partial charge < -0.3 is 0 Å². The molecule has 0 heterocycles. The Balaban J connectivity index is 2.14. The van der Waals surface area contributed by atoms with Crippen molar-refractivity contribution in [1.82, 2.24) is 4.72 Å². The number of benzene rings is 2. The molecule has 1 N–H and O–H groups in total. The standard InChI is InChI=1S/C15H11Cl2NO3S/c16-12-6-7-13(14(17)10-12)15(19)18-22(20,21)9-8-11-4-2-1-3-5-11/h1-10H,(H,18,19)/b9-8+. The number of carbonyl (C=O) groups excluding carboxylic acids is 1. The Morgan fingerprint density at radius 2 is 1.73 bits per heavy atom. The first-order valence-electron chi connectivity index (χ1n) is 6.13. The molecule has 2 aromatic rings. The number of carbonyl (C=O) groups is 1. The zero-order valence-corrected chi connectivity index (χ0v) is 13.5. The lowest BCUT2D eigenvalue weighted by atomic mass is 10.2. The molecular weight excluding hydrogens is 345 g/mol. The minimum absolute atomic E-state index is 0.0303. The maximum Gasteiger partial charge on any atom is 0.266 e. The molecule has 1 amide bonds. The van der Waals surface area contributed by atoms with E-state index >= 15 is 0 Å². The van der Waals surface area contributed by atoms with Gasteiger partial charge in [0, 0.05) is 5.02 Å². The van der Waals surface area contributed by atoms with Crippen LogP contribution in [0, 0.1) is 0 Å². The van der Waals surface area contributed by atoms with Crippen molar-refractivity contribution in [3.63, 3.8) is 0 Å². The summed E-state index contributed by atoms with van der Waals surface area (Å²) in [6.07, 6.45) is 1.39. The molecule has 0 saturated carbocycles. The van der Waals surface area contributed by atoms with Crippen molar-refractivity contribution in [1.29, 1.82) is 0 Å². The molecule has 0 fully saturated rings. The Hall–Kier alpha value is -1.82. The van der Waals surface area contributed by atoms with Crippen molar-refractivity contribution < 1.29 is 13.2 Å². The van der Waals surface area contributed by atoms with E-state index in [2.05, 4.69) is 0 Å². The topological polar surface area (TPSA) is 63.2 Å². The number of amides is 1. The van der Waals surface area contributed by atoms with Gasteiger partial charge in [0.2, 0.25) is 0 Å². The second kappa shape index (κ2) is 6.96. The summed E-state index contributed by atoms with van der Waals surface area (Å²) in [4.78, 5) is 12.0. The molecule has 4 nitrogen and oxygen atoms in total. The van der Waals surface area contributed by atoms with E-state index in [0.717, 1.165) is 5.41 Å². The SMILES string of the molecule is O=C(NS(=O)(=O)/C=C/c1ccccc1)c1ccc(Cl)cc1Cl. The lowest BCUT2D eigenvalue weighted by Crippen LogP contribution is -2.29. The Morgan fingerprint density at radius 3 is 2.36 bits per heavy atom. The smallest absolute Gasteiger partial charge is 0.266 e. The lowest BCUT2D eigenvalue weighted by Gasteiger charge is -2.05. The van der Waals surface area contributed by atoms with Gasteiger partial charge in [-0.25, -0.2) is 13.1 Å². The van der Waals surface area contributed by atoms with Gasteiger partial charge in [0.05, 0.1) is 16.0 Å². The molecule has 0 bridgehead atoms. The molecule has 22 heavy (non-hydrogen) atoms. The van der Waals surface area contributed by atoms with Gasteiger partial charge in [-0.3, -0.25) is 4.79 Å². The van der Waals surface area contributed by atoms with Crippen LogP contribution in [0.1, 0.15) is 15.9 Å². The fourth-order valence-corrected chi connectivity index (χ4v) is 2.89. The number of rotatable bonds is 4. The van der Waals surface area contributed by atoms with E-state index < -0.39 is 15.9 Å². The molecule has 0 aliphatic heterocycles. The first-order chi connectivity index (χ1) is 10.4. The van der Waals surface area contributed by atoms with E-state index in [-0.39, 0.29) is 10.6 Å². The number of nitrogens with one attached hydrogen (secondary N) is 1. The van der Waals surface area contributed by atoms with Crippen LogP contribution in [-0.2, 0) is 10.0 Å². The summed E-state index contributed by atoms with van der Waals surface area (Å²) in [5, 5.41) is 1.35. The molecule has 114 valence electrons. The fraction of sp³-hybridized carbons (Fsp3) is 0. The molecule has 0 aromatic heterocycles. The van der Waals surface area contributed by atoms with Crippen LogP contribution < -0.4 is 4.72 Å². The van der Waals surface area contributed by atoms with E-state index in [1.807, 2.05) is 10.8 Å². The molecule has 0 spiro atoms. The van der Waals surface area contributed by atoms with Gasteiger partial charge in [-0.2, -0.15) is 0 Å². The largest absolute Gasteiger partial charge is 0.268 e. The molecule has 7 heteroatoms. The van der Waals surface area contributed by atoms with Crippen LogP contribution in [0.4, 0.5) is 0 Å². The Bertz CT molecular complexity index is 818. The quantitative estimate of drug-likeness (QED) is 0.908. The second-order valence-electron chi connectivity index (χ2n) is 4.31. The van der Waals surface area contributed by atoms with E-state index in [1.165, 1.54) is 24.3 Å². The van der Waals surface area contributed by atoms with Gasteiger partial charge in [-0.05, 0) is 29.8 Å². The summed E-state index contributed by atoms with van der Waals surface area (Å²) in [7, 11) is -3.93. The third-order valence-electron chi connectivity index (χ3n) is 2.65. The summed E-state index contributed by atoms with van der Waals surface area (Å²) in [6.45, 7) is 0. The molecular formula is C15H11Cl2NO3S. The zero-order chi connectivity index (χ0) is 16.2. The van der Waals surface area contributed by atoms with Gasteiger partial charge in [-0.15, -0.1) is 0 Å². The van der Waals surface area contributed by atoms with Crippen LogP contribution in [0.3, 0.4) is 0 Å². The Morgan fingerprint density at radius 1 is 1.05 bits per heavy atom. The zero-order valence-electron chi connectivity index (χ0n) is 11.2. The van der Waals surface area contributed by atoms with Crippen molar-refractivity contribution in [2.24, 2.45) is 0 Å². The first-order valence-corrected chi connectivity index (χ1v) is 8.43. The van der Waals surface area contributed by atoms with Crippen molar-refractivity contribution in [3.8, 4) is 0 Å². The Kier molecular flexibility index (Phi) is 5.24. The van der Waals surface area contributed by atoms with Crippen molar-refractivity contribution >= 4 is 45.2 Å². The maximum absolute atomic E-state index is 12.0. The van der Waals surface area contributed by atoms with Gasteiger partial charge in [0.15, 0.2) is 0 Å². The van der Waals surface area contributed by atoms with E-state index in [9.17, 15) is 13.2 Å². The van der Waals surface area contributed by atoms with Crippen LogP contribution in [0.15, 0.2) is 53.9 Å². The molecule has 2 rings (SSSR count). The summed E-state index contributed by atoms with van der Waals surface area (Å²) in [5.74, 6) is -0.820. The van der Waals surface area contributed by atoms with E-state index in [0.29, 0.717) is 10.6 Å². The molecule has 2 aromatic carbocycles. The van der Waals surface area contributed by atoms with Gasteiger partial charge >= 0.3 is 0 Å². The third kappa shape index (κ3) is 4.59. The minimum Gasteiger partial charge on any atom is -0.268 e. The normalized spacial score (nSPS) is 11.5. The van der Waals surface area contributed by atoms with Crippen molar-refractivity contribution in [2.45, 2.75) is 0 Å². The summed E-state index contributed by atoms with van der Waals surface area (Å²) < 4.78 is 25.7. The molecule has 0 atom stereocenters. The number of hydrogen-bond donors (Lipinski definition) is 1. The lowest BCUT2D eigenvalue weighted by molar-refractivity contribution is 0.0982. The van der Waals surface area contributed by atoms with E-state index in [1.54, 1.807) is 24.3 Å². The second-order valence-corrected chi connectivity index (χ2v) is 6.72. The average Bonchev–Trinajstić information content (AvgIpc) is 2.45. The Labute approximate surface area is 138 Å². The summed E-state index contributed by atoms with van der Waals surface area (Å²) in [5.41, 5.74) is 0.729. The number of hydrogen-bond acceptors (Lipinski definition) is 3. The molecule has 0 unspecified atom stereocenters. The number of halogens is 2. The highest BCUT2D eigenvalue weighted by Gasteiger charge is 2.16. The van der Waals surface area contributed by atoms with Crippen molar-refractivity contribution in [2.75, 3.05) is 0 Å². The van der Waals surface area contributed by atoms with Crippen molar-refractivity contribution in [3.05, 3.63) is 75.1 Å². The highest BCUT2D eigenvalue weighted by Crippen LogP contribution is 2.21. The van der Waals surface area contributed by atoms with Crippen LogP contribution in [0.5, 0.6) is 0 Å². The predicted octanol–water partition coefficient (Wildman–Crippen LogP) is 3.72. The van der Waals surface area contributed by atoms with E-state index in [4.69, 9.17) is 23.2 Å². The van der Waals surface area contributed by atoms with Crippen LogP contribution in [-0.4, -0.2) is 14.3 Å². The molecule has 0 radical (unpaired) electrons. The minimum atomic E-state index is -3.93. The van der Waals surface area contributed by atoms with Crippen LogP contribution in [0.2, 0.25) is 10.0 Å². The van der Waals surface area contributed by atoms with Crippen LogP contribution >= 0.6 is 23.2 Å². The van der Waals surface area contributed by atoms with Gasteiger partial charge in [-0.1, -0.05) is 53.5 Å².